The number of nitrogens with zero attached hydrogens (tertiary/aromatic N) is 4. The number of rotatable bonds is 15. The number of halogens is 2. The third kappa shape index (κ3) is 8.68. The van der Waals surface area contributed by atoms with Crippen molar-refractivity contribution < 1.29 is 55.3 Å². The molecule has 2 atom stereocenters. The van der Waals surface area contributed by atoms with E-state index >= 15 is 4.39 Å². The van der Waals surface area contributed by atoms with Crippen molar-refractivity contribution in [3.8, 4) is 16.9 Å². The molecule has 8 N–H and O–H groups in total. The van der Waals surface area contributed by atoms with Crippen molar-refractivity contribution >= 4 is 67.8 Å². The van der Waals surface area contributed by atoms with Crippen LogP contribution in [0, 0.1) is 5.82 Å². The summed E-state index contributed by atoms with van der Waals surface area (Å²) in [5, 5.41) is 19.1. The molecule has 264 valence electrons. The number of ether oxygens (including phenoxy) is 1. The van der Waals surface area contributed by atoms with Crippen molar-refractivity contribution in [2.45, 2.75) is 31.5 Å². The van der Waals surface area contributed by atoms with Crippen LogP contribution in [0.4, 0.5) is 15.3 Å². The molecule has 1 aromatic carbocycles. The van der Waals surface area contributed by atoms with Crippen LogP contribution in [-0.2, 0) is 41.0 Å². The lowest BCUT2D eigenvalue weighted by Gasteiger charge is -2.50. The summed E-state index contributed by atoms with van der Waals surface area (Å²) in [6, 6.07) is 6.00. The van der Waals surface area contributed by atoms with Crippen LogP contribution in [-0.4, -0.2) is 89.0 Å². The first-order valence-electron chi connectivity index (χ1n) is 14.0. The highest BCUT2D eigenvalue weighted by Gasteiger charge is 2.58. The lowest BCUT2D eigenvalue weighted by molar-refractivity contribution is -0.656. The molecule has 49 heavy (non-hydrogen) atoms. The second kappa shape index (κ2) is 14.8. The fraction of sp³-hybridized carbons (Fsp3) is 0.333. The molecule has 1 aliphatic heterocycles. The van der Waals surface area contributed by atoms with Gasteiger partial charge in [-0.25, -0.2) is 18.7 Å². The van der Waals surface area contributed by atoms with E-state index in [0.29, 0.717) is 23.7 Å². The molecular formula is C27H31ClFN8O10S2+. The summed E-state index contributed by atoms with van der Waals surface area (Å²) >= 11 is 6.92. The number of aryl methyl sites for hydroxylation is 1. The topological polar surface area (TPSA) is 262 Å². The number of hydrogen-bond acceptors (Lipinski definition) is 14. The number of nitrogen functional groups attached to an aromatic ring is 1. The Bertz CT molecular complexity index is 1910. The monoisotopic (exact) mass is 745 g/mol. The van der Waals surface area contributed by atoms with Gasteiger partial charge in [-0.2, -0.15) is 13.5 Å². The van der Waals surface area contributed by atoms with Gasteiger partial charge in [0.05, 0.1) is 25.3 Å². The Hall–Kier alpha value is -4.67. The molecule has 0 bridgehead atoms. The number of carboxylic acid groups (broad SMARTS) is 1. The molecule has 0 saturated carbocycles. The molecule has 1 unspecified atom stereocenters. The molecule has 1 aliphatic rings. The standard InChI is InChI=1S/C27H30ClFN8O10S2/c1-27(2)21(24(39)37(27)47-49(42,43)44)34-23(38)20(19-22(28)48-26(31)33-19)35-46-17(25(40)41)12-45-14-5-6-15(16(29)10-14)13-4-7-18(32-9-8-30)36(3)11-13/h4-7,10-11,17,21H,8-9,12,30H2,1-3H3,(H5,31,33,34,38,40,41,42,43,44)/p+1/b35-20-/t17-,21?/m0/s1. The van der Waals surface area contributed by atoms with Crippen molar-refractivity contribution in [1.29, 1.82) is 0 Å². The fourth-order valence-electron chi connectivity index (χ4n) is 4.48. The summed E-state index contributed by atoms with van der Waals surface area (Å²) < 4.78 is 57.6. The summed E-state index contributed by atoms with van der Waals surface area (Å²) in [6.07, 6.45) is -0.140. The van der Waals surface area contributed by atoms with Gasteiger partial charge >= 0.3 is 16.4 Å². The number of nitrogens with one attached hydrogen (secondary N) is 2. The van der Waals surface area contributed by atoms with Crippen LogP contribution in [0.15, 0.2) is 41.7 Å². The lowest BCUT2D eigenvalue weighted by Crippen LogP contribution is -2.76. The molecule has 4 rings (SSSR count). The van der Waals surface area contributed by atoms with E-state index < -0.39 is 64.0 Å². The van der Waals surface area contributed by atoms with Crippen LogP contribution in [0.25, 0.3) is 11.1 Å². The zero-order valence-corrected chi connectivity index (χ0v) is 28.3. The Labute approximate surface area is 287 Å². The molecule has 0 aliphatic carbocycles. The summed E-state index contributed by atoms with van der Waals surface area (Å²) in [5.41, 5.74) is 9.51. The fourth-order valence-corrected chi connectivity index (χ4v) is 5.86. The third-order valence-electron chi connectivity index (χ3n) is 6.95. The van der Waals surface area contributed by atoms with Gasteiger partial charge in [-0.1, -0.05) is 28.1 Å². The van der Waals surface area contributed by atoms with Crippen LogP contribution in [0.2, 0.25) is 4.34 Å². The van der Waals surface area contributed by atoms with Gasteiger partial charge in [0.1, 0.15) is 34.2 Å². The number of benzene rings is 1. The predicted molar refractivity (Wildman–Crippen MR) is 172 cm³/mol. The minimum absolute atomic E-state index is 0.0404. The lowest BCUT2D eigenvalue weighted by atomic mass is 9.84. The van der Waals surface area contributed by atoms with Gasteiger partial charge in [-0.3, -0.25) is 19.5 Å². The second-order valence-corrected chi connectivity index (χ2v) is 13.5. The van der Waals surface area contributed by atoms with Gasteiger partial charge in [0.2, 0.25) is 0 Å². The number of hydrogen-bond donors (Lipinski definition) is 6. The highest BCUT2D eigenvalue weighted by Crippen LogP contribution is 2.33. The first-order valence-corrected chi connectivity index (χ1v) is 16.6. The average molecular weight is 746 g/mol. The van der Waals surface area contributed by atoms with Gasteiger partial charge in [0, 0.05) is 29.8 Å². The summed E-state index contributed by atoms with van der Waals surface area (Å²) in [6.45, 7) is 2.92. The van der Waals surface area contributed by atoms with Gasteiger partial charge in [0.25, 0.3) is 23.7 Å². The minimum Gasteiger partial charge on any atom is -0.489 e. The van der Waals surface area contributed by atoms with Gasteiger partial charge in [-0.15, -0.1) is 4.28 Å². The molecule has 0 radical (unpaired) electrons. The largest absolute Gasteiger partial charge is 0.489 e. The first-order chi connectivity index (χ1) is 22.9. The van der Waals surface area contributed by atoms with E-state index in [4.69, 9.17) is 37.2 Å². The Morgan fingerprint density at radius 1 is 1.31 bits per heavy atom. The predicted octanol–water partition coefficient (Wildman–Crippen LogP) is 0.473. The van der Waals surface area contributed by atoms with Crippen LogP contribution in [0.3, 0.4) is 0 Å². The van der Waals surface area contributed by atoms with Crippen LogP contribution < -0.4 is 31.4 Å². The quantitative estimate of drug-likeness (QED) is 0.0406. The van der Waals surface area contributed by atoms with E-state index in [-0.39, 0.29) is 26.5 Å². The minimum atomic E-state index is -5.06. The Kier molecular flexibility index (Phi) is 11.3. The van der Waals surface area contributed by atoms with Crippen LogP contribution in [0.5, 0.6) is 5.75 Å². The summed E-state index contributed by atoms with van der Waals surface area (Å²) in [4.78, 5) is 46.9. The number of carbonyl (C=O) groups is 3. The SMILES string of the molecule is C[n+]1cc(-c2ccc(OC[C@H](O/N=C(\C(=O)NC3C(=O)N(OS(=O)(=O)O)C3(C)C)c3nc(N)sc3Cl)C(=O)O)cc2F)ccc1NCCN. The smallest absolute Gasteiger partial charge is 0.418 e. The average Bonchev–Trinajstić information content (AvgIpc) is 3.35. The maximum absolute atomic E-state index is 15.1. The van der Waals surface area contributed by atoms with Gasteiger partial charge in [0.15, 0.2) is 10.8 Å². The molecule has 1 fully saturated rings. The summed E-state index contributed by atoms with van der Waals surface area (Å²) in [5.74, 6) is -3.70. The molecule has 0 spiro atoms. The van der Waals surface area contributed by atoms with Crippen LogP contribution >= 0.6 is 22.9 Å². The zero-order valence-electron chi connectivity index (χ0n) is 25.9. The van der Waals surface area contributed by atoms with E-state index in [2.05, 4.69) is 25.1 Å². The van der Waals surface area contributed by atoms with Crippen molar-refractivity contribution in [2.75, 3.05) is 30.7 Å². The van der Waals surface area contributed by atoms with E-state index in [9.17, 15) is 27.9 Å². The summed E-state index contributed by atoms with van der Waals surface area (Å²) in [7, 11) is -3.28. The van der Waals surface area contributed by atoms with E-state index in [1.807, 2.05) is 0 Å². The molecule has 2 aromatic heterocycles. The Balaban J connectivity index is 1.50. The number of aromatic nitrogens is 2. The number of carboxylic acids is 1. The van der Waals surface area contributed by atoms with E-state index in [0.717, 1.165) is 23.2 Å². The van der Waals surface area contributed by atoms with Crippen molar-refractivity contribution in [2.24, 2.45) is 17.9 Å². The van der Waals surface area contributed by atoms with E-state index in [1.165, 1.54) is 26.0 Å². The maximum Gasteiger partial charge on any atom is 0.418 e. The maximum atomic E-state index is 15.1. The molecule has 22 heteroatoms. The molecular weight excluding hydrogens is 715 g/mol. The van der Waals surface area contributed by atoms with Crippen molar-refractivity contribution in [1.82, 2.24) is 15.4 Å². The molecule has 18 nitrogen and oxygen atoms in total. The second-order valence-electron chi connectivity index (χ2n) is 10.8. The zero-order chi connectivity index (χ0) is 36.3. The Morgan fingerprint density at radius 2 is 2.02 bits per heavy atom. The first kappa shape index (κ1) is 37.2. The number of hydroxylamine groups is 2. The van der Waals surface area contributed by atoms with Crippen molar-refractivity contribution in [3.05, 3.63) is 52.4 Å². The van der Waals surface area contributed by atoms with E-state index in [1.54, 1.807) is 29.9 Å². The number of thiazole rings is 1. The number of anilines is 2. The third-order valence-corrected chi connectivity index (χ3v) is 8.37. The Morgan fingerprint density at radius 3 is 2.57 bits per heavy atom. The van der Waals surface area contributed by atoms with Gasteiger partial charge in [-0.05, 0) is 32.0 Å². The molecule has 1 saturated heterocycles. The van der Waals surface area contributed by atoms with Crippen LogP contribution in [0.1, 0.15) is 19.5 Å². The number of oxime groups is 1. The highest BCUT2D eigenvalue weighted by atomic mass is 35.5. The molecule has 2 amide bonds. The van der Waals surface area contributed by atoms with Gasteiger partial charge < -0.3 is 31.5 Å². The number of aliphatic carboxylic acids is 1. The normalized spacial score (nSPS) is 16.5. The number of amides is 2. The number of carbonyl (C=O) groups excluding carboxylic acids is 2. The number of pyridine rings is 1. The highest BCUT2D eigenvalue weighted by molar-refractivity contribution is 7.80. The molecule has 3 heterocycles. The molecule has 3 aromatic rings. The van der Waals surface area contributed by atoms with Crippen molar-refractivity contribution in [3.63, 3.8) is 0 Å². The number of β-lactam (4-membered cyclic amide) rings is 1. The number of nitrogens with two attached hydrogens (primary N) is 2.